The first-order valence-electron chi connectivity index (χ1n) is 6.94. The maximum absolute atomic E-state index is 12.6. The molecule has 1 aliphatic carbocycles. The van der Waals surface area contributed by atoms with Crippen LogP contribution in [-0.4, -0.2) is 30.4 Å². The van der Waals surface area contributed by atoms with E-state index < -0.39 is 0 Å². The van der Waals surface area contributed by atoms with Crippen LogP contribution in [0.15, 0.2) is 18.2 Å². The van der Waals surface area contributed by atoms with E-state index in [0.29, 0.717) is 16.6 Å². The molecule has 1 saturated carbocycles. The van der Waals surface area contributed by atoms with E-state index >= 15 is 0 Å². The van der Waals surface area contributed by atoms with Crippen molar-refractivity contribution < 1.29 is 4.79 Å². The summed E-state index contributed by atoms with van der Waals surface area (Å²) >= 11 is 6.03. The highest BCUT2D eigenvalue weighted by molar-refractivity contribution is 6.31. The van der Waals surface area contributed by atoms with Gasteiger partial charge in [-0.05, 0) is 38.0 Å². The second-order valence-corrected chi connectivity index (χ2v) is 5.51. The quantitative estimate of drug-likeness (QED) is 0.910. The average molecular weight is 281 g/mol. The highest BCUT2D eigenvalue weighted by Crippen LogP contribution is 2.27. The largest absolute Gasteiger partial charge is 0.385 e. The second-order valence-electron chi connectivity index (χ2n) is 5.07. The fourth-order valence-electron chi connectivity index (χ4n) is 2.69. The number of nitrogens with zero attached hydrogens (tertiary/aromatic N) is 1. The first-order valence-corrected chi connectivity index (χ1v) is 7.32. The van der Waals surface area contributed by atoms with E-state index in [-0.39, 0.29) is 5.91 Å². The van der Waals surface area contributed by atoms with Gasteiger partial charge in [0.1, 0.15) is 0 Å². The van der Waals surface area contributed by atoms with Gasteiger partial charge in [0.05, 0.1) is 5.56 Å². The lowest BCUT2D eigenvalue weighted by atomic mass is 10.1. The van der Waals surface area contributed by atoms with Crippen LogP contribution in [0.25, 0.3) is 0 Å². The predicted octanol–water partition coefficient (Wildman–Crippen LogP) is 3.79. The maximum atomic E-state index is 12.6. The molecule has 1 amide bonds. The van der Waals surface area contributed by atoms with Gasteiger partial charge in [0, 0.05) is 30.3 Å². The number of carbonyl (C=O) groups excluding carboxylic acids is 1. The standard InChI is InChI=1S/C15H21ClN2O/c1-3-17-14-9-8-11(16)10-13(14)15(19)18(2)12-6-4-5-7-12/h8-10,12,17H,3-7H2,1-2H3. The molecule has 0 aliphatic heterocycles. The number of hydrogen-bond acceptors (Lipinski definition) is 2. The van der Waals surface area contributed by atoms with Crippen molar-refractivity contribution in [1.82, 2.24) is 4.90 Å². The van der Waals surface area contributed by atoms with Crippen molar-refractivity contribution in [3.63, 3.8) is 0 Å². The van der Waals surface area contributed by atoms with Crippen LogP contribution in [0.4, 0.5) is 5.69 Å². The Bertz CT molecular complexity index is 455. The van der Waals surface area contributed by atoms with Crippen molar-refractivity contribution in [2.75, 3.05) is 18.9 Å². The van der Waals surface area contributed by atoms with E-state index in [1.807, 2.05) is 31.0 Å². The Hall–Kier alpha value is -1.22. The van der Waals surface area contributed by atoms with Crippen LogP contribution >= 0.6 is 11.6 Å². The second kappa shape index (κ2) is 6.29. The van der Waals surface area contributed by atoms with Gasteiger partial charge in [-0.15, -0.1) is 0 Å². The van der Waals surface area contributed by atoms with Crippen molar-refractivity contribution >= 4 is 23.2 Å². The summed E-state index contributed by atoms with van der Waals surface area (Å²) in [5.41, 5.74) is 1.53. The molecule has 1 fully saturated rings. The SMILES string of the molecule is CCNc1ccc(Cl)cc1C(=O)N(C)C1CCCC1. The molecule has 0 spiro atoms. The average Bonchev–Trinajstić information content (AvgIpc) is 2.93. The van der Waals surface area contributed by atoms with E-state index in [0.717, 1.165) is 25.1 Å². The van der Waals surface area contributed by atoms with E-state index in [1.54, 1.807) is 6.07 Å². The van der Waals surface area contributed by atoms with Crippen molar-refractivity contribution in [3.8, 4) is 0 Å². The minimum absolute atomic E-state index is 0.0605. The number of halogens is 1. The lowest BCUT2D eigenvalue weighted by Crippen LogP contribution is -2.35. The third-order valence-electron chi connectivity index (χ3n) is 3.77. The molecule has 4 heteroatoms. The monoisotopic (exact) mass is 280 g/mol. The number of hydrogen-bond donors (Lipinski definition) is 1. The van der Waals surface area contributed by atoms with Gasteiger partial charge in [-0.1, -0.05) is 24.4 Å². The molecule has 0 saturated heterocycles. The minimum atomic E-state index is 0.0605. The predicted molar refractivity (Wildman–Crippen MR) is 80.0 cm³/mol. The van der Waals surface area contributed by atoms with E-state index in [2.05, 4.69) is 5.32 Å². The summed E-state index contributed by atoms with van der Waals surface area (Å²) in [4.78, 5) is 14.5. The van der Waals surface area contributed by atoms with E-state index in [4.69, 9.17) is 11.6 Å². The molecule has 0 radical (unpaired) electrons. The Morgan fingerprint density at radius 2 is 2.11 bits per heavy atom. The number of anilines is 1. The highest BCUT2D eigenvalue weighted by Gasteiger charge is 2.25. The lowest BCUT2D eigenvalue weighted by Gasteiger charge is -2.25. The smallest absolute Gasteiger partial charge is 0.255 e. The van der Waals surface area contributed by atoms with Crippen LogP contribution < -0.4 is 5.32 Å². The molecule has 19 heavy (non-hydrogen) atoms. The molecule has 1 N–H and O–H groups in total. The summed E-state index contributed by atoms with van der Waals surface area (Å²) in [6.07, 6.45) is 4.66. The fraction of sp³-hybridized carbons (Fsp3) is 0.533. The lowest BCUT2D eigenvalue weighted by molar-refractivity contribution is 0.0736. The Labute approximate surface area is 119 Å². The van der Waals surface area contributed by atoms with Gasteiger partial charge in [-0.2, -0.15) is 0 Å². The number of carbonyl (C=O) groups is 1. The molecule has 0 bridgehead atoms. The van der Waals surface area contributed by atoms with Gasteiger partial charge in [0.15, 0.2) is 0 Å². The molecule has 0 atom stereocenters. The number of nitrogens with one attached hydrogen (secondary N) is 1. The molecule has 3 nitrogen and oxygen atoms in total. The highest BCUT2D eigenvalue weighted by atomic mass is 35.5. The van der Waals surface area contributed by atoms with Crippen molar-refractivity contribution in [3.05, 3.63) is 28.8 Å². The molecule has 1 aromatic rings. The summed E-state index contributed by atoms with van der Waals surface area (Å²) in [6.45, 7) is 2.80. The first kappa shape index (κ1) is 14.2. The van der Waals surface area contributed by atoms with Crippen LogP contribution in [0.5, 0.6) is 0 Å². The van der Waals surface area contributed by atoms with Crippen molar-refractivity contribution in [2.24, 2.45) is 0 Å². The Morgan fingerprint density at radius 3 is 2.74 bits per heavy atom. The van der Waals surface area contributed by atoms with Crippen LogP contribution in [0, 0.1) is 0 Å². The molecule has 1 aromatic carbocycles. The molecule has 104 valence electrons. The Balaban J connectivity index is 2.23. The summed E-state index contributed by atoms with van der Waals surface area (Å²) in [5, 5.41) is 3.83. The van der Waals surface area contributed by atoms with Gasteiger partial charge in [-0.3, -0.25) is 4.79 Å². The van der Waals surface area contributed by atoms with Gasteiger partial charge in [-0.25, -0.2) is 0 Å². The molecular weight excluding hydrogens is 260 g/mol. The van der Waals surface area contributed by atoms with Crippen LogP contribution in [0.2, 0.25) is 5.02 Å². The molecule has 1 aliphatic rings. The zero-order valence-electron chi connectivity index (χ0n) is 11.6. The zero-order valence-corrected chi connectivity index (χ0v) is 12.3. The fourth-order valence-corrected chi connectivity index (χ4v) is 2.86. The zero-order chi connectivity index (χ0) is 13.8. The number of benzene rings is 1. The molecular formula is C15H21ClN2O. The van der Waals surface area contributed by atoms with E-state index in [9.17, 15) is 4.79 Å². The van der Waals surface area contributed by atoms with Crippen LogP contribution in [0.3, 0.4) is 0 Å². The minimum Gasteiger partial charge on any atom is -0.385 e. The third kappa shape index (κ3) is 3.21. The van der Waals surface area contributed by atoms with Gasteiger partial charge >= 0.3 is 0 Å². The van der Waals surface area contributed by atoms with Gasteiger partial charge < -0.3 is 10.2 Å². The maximum Gasteiger partial charge on any atom is 0.255 e. The third-order valence-corrected chi connectivity index (χ3v) is 4.01. The molecule has 0 heterocycles. The van der Waals surface area contributed by atoms with Crippen molar-refractivity contribution in [1.29, 1.82) is 0 Å². The summed E-state index contributed by atoms with van der Waals surface area (Å²) in [6, 6.07) is 5.82. The normalized spacial score (nSPS) is 15.5. The topological polar surface area (TPSA) is 32.3 Å². The Morgan fingerprint density at radius 1 is 1.42 bits per heavy atom. The first-order chi connectivity index (χ1) is 9.13. The van der Waals surface area contributed by atoms with Crippen LogP contribution in [0.1, 0.15) is 43.0 Å². The Kier molecular flexibility index (Phi) is 4.70. The summed E-state index contributed by atoms with van der Waals surface area (Å²) in [5.74, 6) is 0.0605. The van der Waals surface area contributed by atoms with Gasteiger partial charge in [0.25, 0.3) is 5.91 Å². The van der Waals surface area contributed by atoms with Crippen LogP contribution in [-0.2, 0) is 0 Å². The molecule has 0 aromatic heterocycles. The molecule has 0 unspecified atom stereocenters. The number of amides is 1. The number of rotatable bonds is 4. The summed E-state index contributed by atoms with van der Waals surface area (Å²) in [7, 11) is 1.90. The summed E-state index contributed by atoms with van der Waals surface area (Å²) < 4.78 is 0. The molecule has 2 rings (SSSR count). The van der Waals surface area contributed by atoms with E-state index in [1.165, 1.54) is 12.8 Å². The van der Waals surface area contributed by atoms with Crippen molar-refractivity contribution in [2.45, 2.75) is 38.6 Å². The van der Waals surface area contributed by atoms with Gasteiger partial charge in [0.2, 0.25) is 0 Å².